The highest BCUT2D eigenvalue weighted by Crippen LogP contribution is 2.69. The molecule has 23 heavy (non-hydrogen) atoms. The maximum absolute atomic E-state index is 13.5. The van der Waals surface area contributed by atoms with Gasteiger partial charge in [0.25, 0.3) is 0 Å². The van der Waals surface area contributed by atoms with Crippen LogP contribution in [0.25, 0.3) is 0 Å². The fourth-order valence-electron chi connectivity index (χ4n) is 1.48. The van der Waals surface area contributed by atoms with Crippen molar-refractivity contribution < 1.29 is 66.2 Å². The van der Waals surface area contributed by atoms with E-state index in [0.717, 1.165) is 0 Å². The van der Waals surface area contributed by atoms with Crippen LogP contribution in [0.1, 0.15) is 0 Å². The van der Waals surface area contributed by atoms with Crippen LogP contribution in [0.5, 0.6) is 0 Å². The van der Waals surface area contributed by atoms with Crippen molar-refractivity contribution in [2.24, 2.45) is 0 Å². The summed E-state index contributed by atoms with van der Waals surface area (Å²) < 4.78 is 179. The Balaban J connectivity index is 3.79. The lowest BCUT2D eigenvalue weighted by Crippen LogP contribution is -2.84. The van der Waals surface area contributed by atoms with E-state index in [0.29, 0.717) is 0 Å². The maximum atomic E-state index is 13.5. The molecule has 1 aliphatic carbocycles. The van der Waals surface area contributed by atoms with Crippen molar-refractivity contribution in [3.63, 3.8) is 0 Å². The fraction of sp³-hybridized carbons (Fsp3) is 0.750. The molecule has 0 bridgehead atoms. The van der Waals surface area contributed by atoms with Gasteiger partial charge in [-0.2, -0.15) is 61.5 Å². The third-order valence-electron chi connectivity index (χ3n) is 2.76. The molecule has 0 atom stereocenters. The lowest BCUT2D eigenvalue weighted by molar-refractivity contribution is -0.522. The number of rotatable bonds is 2. The van der Waals surface area contributed by atoms with E-state index in [2.05, 4.69) is 0 Å². The summed E-state index contributed by atoms with van der Waals surface area (Å²) >= 11 is 0. The normalized spacial score (nSPS) is 28.8. The summed E-state index contributed by atoms with van der Waals surface area (Å²) in [6.07, 6.45) is -3.99. The first-order chi connectivity index (χ1) is 9.83. The van der Waals surface area contributed by atoms with Crippen molar-refractivity contribution in [2.45, 2.75) is 35.5 Å². The van der Waals surface area contributed by atoms with Gasteiger partial charge in [-0.25, -0.2) is 0 Å². The van der Waals surface area contributed by atoms with Crippen molar-refractivity contribution in [3.8, 4) is 0 Å². The summed E-state index contributed by atoms with van der Waals surface area (Å²) in [5.41, 5.74) is 0. The Morgan fingerprint density at radius 1 is 0.478 bits per heavy atom. The topological polar surface area (TPSA) is 9.23 Å². The molecule has 0 aromatic rings. The zero-order valence-corrected chi connectivity index (χ0v) is 9.70. The Hall–Kier alpha value is -1.44. The third kappa shape index (κ3) is 1.87. The number of hydrogen-bond donors (Lipinski definition) is 0. The van der Waals surface area contributed by atoms with E-state index < -0.39 is 47.6 Å². The Labute approximate surface area is 115 Å². The van der Waals surface area contributed by atoms with E-state index >= 15 is 0 Å². The monoisotopic (exact) mass is 378 g/mol. The lowest BCUT2D eigenvalue weighted by Gasteiger charge is -2.51. The predicted octanol–water partition coefficient (Wildman–Crippen LogP) is 4.89. The van der Waals surface area contributed by atoms with Gasteiger partial charge in [0, 0.05) is 0 Å². The van der Waals surface area contributed by atoms with Gasteiger partial charge in [-0.3, -0.25) is 0 Å². The van der Waals surface area contributed by atoms with Crippen LogP contribution in [0.2, 0.25) is 0 Å². The molecule has 0 radical (unpaired) electrons. The average molecular weight is 378 g/mol. The molecule has 1 rings (SSSR count). The zero-order valence-electron chi connectivity index (χ0n) is 9.70. The molecule has 0 amide bonds. The summed E-state index contributed by atoms with van der Waals surface area (Å²) in [7, 11) is 0. The van der Waals surface area contributed by atoms with Crippen molar-refractivity contribution in [2.75, 3.05) is 0 Å². The first-order valence-electron chi connectivity index (χ1n) is 4.80. The minimum absolute atomic E-state index is 1.94. The van der Waals surface area contributed by atoms with Gasteiger partial charge in [0.1, 0.15) is 0 Å². The first-order valence-corrected chi connectivity index (χ1v) is 4.80. The minimum Gasteiger partial charge on any atom is -0.418 e. The Kier molecular flexibility index (Phi) is 3.88. The summed E-state index contributed by atoms with van der Waals surface area (Å²) in [6, 6.07) is -4.01. The molecule has 1 fully saturated rings. The fourth-order valence-corrected chi connectivity index (χ4v) is 1.48. The average Bonchev–Trinajstić information content (AvgIpc) is 2.35. The first kappa shape index (κ1) is 19.6. The van der Waals surface area contributed by atoms with Crippen LogP contribution in [0, 0.1) is 0 Å². The zero-order chi connectivity index (χ0) is 18.9. The van der Waals surface area contributed by atoms with Gasteiger partial charge >= 0.3 is 47.6 Å². The quantitative estimate of drug-likeness (QED) is 0.491. The predicted molar refractivity (Wildman–Crippen MR) is 40.0 cm³/mol. The van der Waals surface area contributed by atoms with Crippen molar-refractivity contribution in [3.05, 3.63) is 12.1 Å². The van der Waals surface area contributed by atoms with Crippen LogP contribution in [-0.4, -0.2) is 35.5 Å². The number of alkyl halides is 11. The van der Waals surface area contributed by atoms with Crippen LogP contribution in [-0.2, 0) is 4.74 Å². The molecular weight excluding hydrogens is 378 g/mol. The molecule has 0 unspecified atom stereocenters. The summed E-state index contributed by atoms with van der Waals surface area (Å²) in [5.74, 6) is -45.0. The van der Waals surface area contributed by atoms with Crippen LogP contribution >= 0.6 is 0 Å². The molecule has 1 saturated carbocycles. The molecule has 0 saturated heterocycles. The van der Waals surface area contributed by atoms with Crippen LogP contribution in [0.3, 0.4) is 0 Å². The SMILES string of the molecule is FC(F)=C(F)OC1(F)C(F)(F)C(F)(F)C(F)(F)C(F)(F)C1(F)F. The highest BCUT2D eigenvalue weighted by molar-refractivity contribution is 5.24. The Morgan fingerprint density at radius 3 is 1.00 bits per heavy atom. The summed E-state index contributed by atoms with van der Waals surface area (Å²) in [5, 5.41) is 0. The van der Waals surface area contributed by atoms with Crippen LogP contribution in [0.4, 0.5) is 61.5 Å². The summed E-state index contributed by atoms with van der Waals surface area (Å²) in [6.45, 7) is 0. The lowest BCUT2D eigenvalue weighted by atomic mass is 9.78. The second-order valence-corrected chi connectivity index (χ2v) is 4.10. The van der Waals surface area contributed by atoms with Gasteiger partial charge in [0.15, 0.2) is 0 Å². The molecule has 0 aromatic heterocycles. The molecule has 0 N–H and O–H groups in total. The van der Waals surface area contributed by atoms with Crippen molar-refractivity contribution >= 4 is 0 Å². The molecule has 0 spiro atoms. The van der Waals surface area contributed by atoms with Gasteiger partial charge in [-0.1, -0.05) is 0 Å². The molecule has 136 valence electrons. The smallest absolute Gasteiger partial charge is 0.391 e. The van der Waals surface area contributed by atoms with E-state index in [1.807, 2.05) is 4.74 Å². The Bertz CT molecular complexity index is 499. The highest BCUT2D eigenvalue weighted by atomic mass is 19.4. The highest BCUT2D eigenvalue weighted by Gasteiger charge is 3.03. The van der Waals surface area contributed by atoms with Crippen molar-refractivity contribution in [1.29, 1.82) is 0 Å². The van der Waals surface area contributed by atoms with Gasteiger partial charge < -0.3 is 4.74 Å². The molecule has 0 aliphatic heterocycles. The maximum Gasteiger partial charge on any atom is 0.391 e. The van der Waals surface area contributed by atoms with Gasteiger partial charge in [0.05, 0.1) is 0 Å². The van der Waals surface area contributed by atoms with E-state index in [1.54, 1.807) is 0 Å². The van der Waals surface area contributed by atoms with E-state index in [9.17, 15) is 61.5 Å². The number of ether oxygens (including phenoxy) is 1. The van der Waals surface area contributed by atoms with Gasteiger partial charge in [0.2, 0.25) is 0 Å². The van der Waals surface area contributed by atoms with Crippen LogP contribution in [0.15, 0.2) is 12.1 Å². The van der Waals surface area contributed by atoms with E-state index in [1.165, 1.54) is 0 Å². The van der Waals surface area contributed by atoms with Crippen molar-refractivity contribution in [1.82, 2.24) is 0 Å². The van der Waals surface area contributed by atoms with E-state index in [4.69, 9.17) is 0 Å². The number of hydrogen-bond acceptors (Lipinski definition) is 1. The number of halogens is 14. The molecule has 0 aromatic carbocycles. The minimum atomic E-state index is -7.56. The van der Waals surface area contributed by atoms with Gasteiger partial charge in [-0.05, 0) is 0 Å². The van der Waals surface area contributed by atoms with Gasteiger partial charge in [-0.15, -0.1) is 0 Å². The molecule has 1 aliphatic rings. The molecule has 15 heteroatoms. The third-order valence-corrected chi connectivity index (χ3v) is 2.76. The van der Waals surface area contributed by atoms with E-state index in [-0.39, 0.29) is 0 Å². The van der Waals surface area contributed by atoms with Crippen LogP contribution < -0.4 is 0 Å². The summed E-state index contributed by atoms with van der Waals surface area (Å²) in [4.78, 5) is 0. The molecular formula is C8F14O. The molecule has 1 nitrogen and oxygen atoms in total. The molecule has 0 heterocycles. The largest absolute Gasteiger partial charge is 0.418 e. The second-order valence-electron chi connectivity index (χ2n) is 4.10. The standard InChI is InChI=1S/C8F14O/c9-1(10)2(11)23-8(22)6(18,19)4(14,15)3(12,13)5(16,17)7(8,20)21. The Morgan fingerprint density at radius 2 is 0.739 bits per heavy atom. The second kappa shape index (κ2) is 4.55.